The molecule has 0 spiro atoms. The van der Waals surface area contributed by atoms with E-state index in [0.29, 0.717) is 6.61 Å². The molecule has 0 saturated heterocycles. The lowest BCUT2D eigenvalue weighted by Crippen LogP contribution is -1.93. The average Bonchev–Trinajstić information content (AvgIpc) is 2.16. The second kappa shape index (κ2) is 12.4. The number of hydrogen-bond donors (Lipinski definition) is 0. The summed E-state index contributed by atoms with van der Waals surface area (Å²) in [5.41, 5.74) is 0. The Hall–Kier alpha value is 0.430. The SMILES string of the molecule is C=CCOCCCCCCCCI. The van der Waals surface area contributed by atoms with Crippen LogP contribution in [0.4, 0.5) is 0 Å². The predicted octanol–water partition coefficient (Wildman–Crippen LogP) is 3.96. The topological polar surface area (TPSA) is 9.23 Å². The smallest absolute Gasteiger partial charge is 0.0644 e. The fourth-order valence-electron chi connectivity index (χ4n) is 1.17. The van der Waals surface area contributed by atoms with Crippen LogP contribution in [0, 0.1) is 0 Å². The molecule has 0 bridgehead atoms. The van der Waals surface area contributed by atoms with Crippen molar-refractivity contribution in [3.8, 4) is 0 Å². The fraction of sp³-hybridized carbons (Fsp3) is 0.818. The molecule has 0 fully saturated rings. The second-order valence-corrected chi connectivity index (χ2v) is 4.25. The maximum atomic E-state index is 5.29. The van der Waals surface area contributed by atoms with E-state index in [9.17, 15) is 0 Å². The van der Waals surface area contributed by atoms with Gasteiger partial charge in [-0.1, -0.05) is 54.4 Å². The van der Waals surface area contributed by atoms with Gasteiger partial charge < -0.3 is 4.74 Å². The molecule has 0 aliphatic heterocycles. The standard InChI is InChI=1S/C11H21IO/c1-2-10-13-11-8-6-4-3-5-7-9-12/h2H,1,3-11H2. The summed E-state index contributed by atoms with van der Waals surface area (Å²) in [5, 5.41) is 0. The summed E-state index contributed by atoms with van der Waals surface area (Å²) in [6, 6.07) is 0. The average molecular weight is 296 g/mol. The van der Waals surface area contributed by atoms with Crippen molar-refractivity contribution in [2.75, 3.05) is 17.6 Å². The predicted molar refractivity (Wildman–Crippen MR) is 67.6 cm³/mol. The van der Waals surface area contributed by atoms with Crippen molar-refractivity contribution in [3.05, 3.63) is 12.7 Å². The van der Waals surface area contributed by atoms with Gasteiger partial charge in [0.2, 0.25) is 0 Å². The Labute approximate surface area is 96.1 Å². The van der Waals surface area contributed by atoms with Crippen LogP contribution in [0.25, 0.3) is 0 Å². The first-order valence-corrected chi connectivity index (χ1v) is 6.69. The summed E-state index contributed by atoms with van der Waals surface area (Å²) < 4.78 is 6.60. The third-order valence-corrected chi connectivity index (χ3v) is 2.67. The van der Waals surface area contributed by atoms with Crippen LogP contribution in [-0.4, -0.2) is 17.6 Å². The number of ether oxygens (including phenoxy) is 1. The van der Waals surface area contributed by atoms with Gasteiger partial charge in [-0.25, -0.2) is 0 Å². The highest BCUT2D eigenvalue weighted by atomic mass is 127. The van der Waals surface area contributed by atoms with E-state index in [1.54, 1.807) is 6.08 Å². The molecule has 0 aliphatic rings. The minimum absolute atomic E-state index is 0.703. The van der Waals surface area contributed by atoms with E-state index in [4.69, 9.17) is 4.74 Å². The zero-order valence-electron chi connectivity index (χ0n) is 8.43. The zero-order valence-corrected chi connectivity index (χ0v) is 10.6. The van der Waals surface area contributed by atoms with Gasteiger partial charge in [-0.3, -0.25) is 0 Å². The normalized spacial score (nSPS) is 10.2. The number of rotatable bonds is 10. The van der Waals surface area contributed by atoms with Crippen molar-refractivity contribution >= 4 is 22.6 Å². The lowest BCUT2D eigenvalue weighted by atomic mass is 10.1. The van der Waals surface area contributed by atoms with Crippen LogP contribution in [0.5, 0.6) is 0 Å². The maximum Gasteiger partial charge on any atom is 0.0644 e. The van der Waals surface area contributed by atoms with Crippen LogP contribution >= 0.6 is 22.6 Å². The molecule has 0 aliphatic carbocycles. The molecule has 0 heterocycles. The van der Waals surface area contributed by atoms with Crippen LogP contribution < -0.4 is 0 Å². The van der Waals surface area contributed by atoms with Gasteiger partial charge in [0, 0.05) is 6.61 Å². The van der Waals surface area contributed by atoms with Gasteiger partial charge in [0.1, 0.15) is 0 Å². The lowest BCUT2D eigenvalue weighted by Gasteiger charge is -2.01. The van der Waals surface area contributed by atoms with Gasteiger partial charge in [0.05, 0.1) is 6.61 Å². The summed E-state index contributed by atoms with van der Waals surface area (Å²) >= 11 is 2.44. The molecule has 13 heavy (non-hydrogen) atoms. The highest BCUT2D eigenvalue weighted by Gasteiger charge is 1.90. The minimum Gasteiger partial charge on any atom is -0.377 e. The third-order valence-electron chi connectivity index (χ3n) is 1.91. The van der Waals surface area contributed by atoms with Crippen LogP contribution in [0.2, 0.25) is 0 Å². The first kappa shape index (κ1) is 13.4. The van der Waals surface area contributed by atoms with E-state index < -0.39 is 0 Å². The third kappa shape index (κ3) is 12.4. The largest absolute Gasteiger partial charge is 0.377 e. The molecule has 0 rings (SSSR count). The van der Waals surface area contributed by atoms with Crippen molar-refractivity contribution in [3.63, 3.8) is 0 Å². The maximum absolute atomic E-state index is 5.29. The van der Waals surface area contributed by atoms with E-state index in [2.05, 4.69) is 29.2 Å². The zero-order chi connectivity index (χ0) is 9.78. The van der Waals surface area contributed by atoms with Crippen LogP contribution in [0.3, 0.4) is 0 Å². The number of hydrogen-bond acceptors (Lipinski definition) is 1. The highest BCUT2D eigenvalue weighted by Crippen LogP contribution is 2.06. The van der Waals surface area contributed by atoms with E-state index in [1.165, 1.54) is 43.0 Å². The van der Waals surface area contributed by atoms with Gasteiger partial charge >= 0.3 is 0 Å². The molecular formula is C11H21IO. The molecule has 0 unspecified atom stereocenters. The van der Waals surface area contributed by atoms with Crippen molar-refractivity contribution in [1.29, 1.82) is 0 Å². The van der Waals surface area contributed by atoms with Crippen LogP contribution in [0.1, 0.15) is 38.5 Å². The molecule has 0 aromatic carbocycles. The van der Waals surface area contributed by atoms with E-state index >= 15 is 0 Å². The Morgan fingerprint density at radius 2 is 1.62 bits per heavy atom. The van der Waals surface area contributed by atoms with Gasteiger partial charge in [-0.05, 0) is 17.3 Å². The Morgan fingerprint density at radius 3 is 2.23 bits per heavy atom. The molecule has 0 N–H and O–H groups in total. The molecule has 2 heteroatoms. The molecule has 0 radical (unpaired) electrons. The number of alkyl halides is 1. The fourth-order valence-corrected chi connectivity index (χ4v) is 1.71. The monoisotopic (exact) mass is 296 g/mol. The molecular weight excluding hydrogens is 275 g/mol. The molecule has 78 valence electrons. The summed E-state index contributed by atoms with van der Waals surface area (Å²) in [7, 11) is 0. The highest BCUT2D eigenvalue weighted by molar-refractivity contribution is 14.1. The summed E-state index contributed by atoms with van der Waals surface area (Å²) in [4.78, 5) is 0. The molecule has 1 nitrogen and oxygen atoms in total. The summed E-state index contributed by atoms with van der Waals surface area (Å²) in [6.45, 7) is 5.21. The number of halogens is 1. The second-order valence-electron chi connectivity index (χ2n) is 3.17. The van der Waals surface area contributed by atoms with E-state index in [-0.39, 0.29) is 0 Å². The molecule has 0 amide bonds. The Morgan fingerprint density at radius 1 is 1.00 bits per heavy atom. The molecule has 0 aromatic rings. The Balaban J connectivity index is 2.79. The van der Waals surface area contributed by atoms with Crippen molar-refractivity contribution < 1.29 is 4.74 Å². The van der Waals surface area contributed by atoms with Gasteiger partial charge in [0.15, 0.2) is 0 Å². The molecule has 0 saturated carbocycles. The number of unbranched alkanes of at least 4 members (excludes halogenated alkanes) is 5. The van der Waals surface area contributed by atoms with Crippen LogP contribution in [-0.2, 0) is 4.74 Å². The summed E-state index contributed by atoms with van der Waals surface area (Å²) in [6.07, 6.45) is 9.87. The van der Waals surface area contributed by atoms with Crippen molar-refractivity contribution in [1.82, 2.24) is 0 Å². The Kier molecular flexibility index (Phi) is 12.8. The van der Waals surface area contributed by atoms with Gasteiger partial charge in [-0.15, -0.1) is 6.58 Å². The quantitative estimate of drug-likeness (QED) is 0.256. The first-order chi connectivity index (χ1) is 6.41. The first-order valence-electron chi connectivity index (χ1n) is 5.16. The lowest BCUT2D eigenvalue weighted by molar-refractivity contribution is 0.157. The minimum atomic E-state index is 0.703. The van der Waals surface area contributed by atoms with E-state index in [1.807, 2.05) is 0 Å². The molecule has 0 atom stereocenters. The van der Waals surface area contributed by atoms with Crippen molar-refractivity contribution in [2.45, 2.75) is 38.5 Å². The van der Waals surface area contributed by atoms with Crippen molar-refractivity contribution in [2.24, 2.45) is 0 Å². The van der Waals surface area contributed by atoms with E-state index in [0.717, 1.165) is 6.61 Å². The van der Waals surface area contributed by atoms with Gasteiger partial charge in [0.25, 0.3) is 0 Å². The summed E-state index contributed by atoms with van der Waals surface area (Å²) in [5.74, 6) is 0. The Bertz CT molecular complexity index is 104. The van der Waals surface area contributed by atoms with Gasteiger partial charge in [-0.2, -0.15) is 0 Å². The van der Waals surface area contributed by atoms with Crippen LogP contribution in [0.15, 0.2) is 12.7 Å². The molecule has 0 aromatic heterocycles.